The maximum atomic E-state index is 10.6. The largest absolute Gasteiger partial charge is 1.00 e. The summed E-state index contributed by atoms with van der Waals surface area (Å²) in [5.41, 5.74) is 10.9. The van der Waals surface area contributed by atoms with Gasteiger partial charge in [0.2, 0.25) is 0 Å². The van der Waals surface area contributed by atoms with Gasteiger partial charge in [-0.3, -0.25) is 4.55 Å². The zero-order chi connectivity index (χ0) is 9.35. The Hall–Kier alpha value is 0.730. The number of anilines is 2. The van der Waals surface area contributed by atoms with Crippen molar-refractivity contribution in [2.45, 2.75) is 4.90 Å². The molecule has 0 saturated heterocycles. The van der Waals surface area contributed by atoms with E-state index >= 15 is 0 Å². The zero-order valence-corrected chi connectivity index (χ0v) is 12.9. The van der Waals surface area contributed by atoms with Gasteiger partial charge in [0.15, 0.2) is 0 Å². The van der Waals surface area contributed by atoms with E-state index in [-0.39, 0.29) is 72.6 Å². The van der Waals surface area contributed by atoms with Crippen molar-refractivity contribution in [3.05, 3.63) is 18.2 Å². The first-order chi connectivity index (χ1) is 5.41. The third-order valence-corrected chi connectivity index (χ3v) is 2.24. The molecule has 0 unspecified atom stereocenters. The quantitative estimate of drug-likeness (QED) is 0.256. The molecule has 5 nitrogen and oxygen atoms in total. The fourth-order valence-electron chi connectivity index (χ4n) is 0.802. The molecule has 0 radical (unpaired) electrons. The third-order valence-electron chi connectivity index (χ3n) is 1.31. The summed E-state index contributed by atoms with van der Waals surface area (Å²) >= 11 is 0. The predicted molar refractivity (Wildman–Crippen MR) is 47.3 cm³/mol. The Morgan fingerprint density at radius 2 is 1.71 bits per heavy atom. The Kier molecular flexibility index (Phi) is 7.76. The fraction of sp³-hybridized carbons (Fsp3) is 0. The summed E-state index contributed by atoms with van der Waals surface area (Å²) in [5, 5.41) is 0. The number of hydrogen-bond donors (Lipinski definition) is 3. The molecule has 5 N–H and O–H groups in total. The van der Waals surface area contributed by atoms with Crippen LogP contribution in [-0.4, -0.2) is 13.0 Å². The van der Waals surface area contributed by atoms with Crippen molar-refractivity contribution in [3.63, 3.8) is 0 Å². The van der Waals surface area contributed by atoms with Gasteiger partial charge in [-0.1, -0.05) is 0 Å². The van der Waals surface area contributed by atoms with Crippen LogP contribution in [0.5, 0.6) is 0 Å². The van der Waals surface area contributed by atoms with E-state index in [4.69, 9.17) is 16.0 Å². The Balaban J connectivity index is -0.000000180. The molecule has 0 spiro atoms. The normalized spacial score (nSPS) is 9.79. The van der Waals surface area contributed by atoms with E-state index in [9.17, 15) is 8.42 Å². The van der Waals surface area contributed by atoms with Crippen LogP contribution in [0, 0.1) is 0 Å². The molecule has 0 atom stereocenters. The van der Waals surface area contributed by atoms with Gasteiger partial charge < -0.3 is 14.3 Å². The molecule has 1 aromatic carbocycles. The van der Waals surface area contributed by atoms with Crippen molar-refractivity contribution >= 4 is 21.5 Å². The van der Waals surface area contributed by atoms with Gasteiger partial charge in [-0.2, -0.15) is 8.42 Å². The van der Waals surface area contributed by atoms with Crippen LogP contribution < -0.4 is 70.6 Å². The van der Waals surface area contributed by atoms with Crippen LogP contribution in [0.3, 0.4) is 0 Å². The summed E-state index contributed by atoms with van der Waals surface area (Å²) in [5.74, 6) is 0. The number of nitrogen functional groups attached to an aromatic ring is 2. The standard InChI is InChI=1S/C6H8N2O3S.2Na.2H/c7-4-1-2-6(5(8)3-4)12(9,10)11;;;;/h1-3H,7-8H2,(H,9,10,11);;;;/q;2*+1;2*-1. The van der Waals surface area contributed by atoms with Gasteiger partial charge in [0.1, 0.15) is 4.90 Å². The van der Waals surface area contributed by atoms with Crippen LogP contribution in [0.2, 0.25) is 0 Å². The molecule has 0 aliphatic heterocycles. The number of benzene rings is 1. The summed E-state index contributed by atoms with van der Waals surface area (Å²) in [6.45, 7) is 0. The van der Waals surface area contributed by atoms with E-state index in [0.29, 0.717) is 5.69 Å². The third kappa shape index (κ3) is 4.50. The van der Waals surface area contributed by atoms with Gasteiger partial charge in [0, 0.05) is 5.69 Å². The Bertz CT molecular complexity index is 416. The monoisotopic (exact) mass is 236 g/mol. The average molecular weight is 236 g/mol. The summed E-state index contributed by atoms with van der Waals surface area (Å²) in [6.07, 6.45) is 0. The van der Waals surface area contributed by atoms with Crippen LogP contribution in [0.4, 0.5) is 11.4 Å². The van der Waals surface area contributed by atoms with E-state index in [1.807, 2.05) is 0 Å². The second-order valence-electron chi connectivity index (χ2n) is 2.27. The fourth-order valence-corrected chi connectivity index (χ4v) is 1.40. The first-order valence-electron chi connectivity index (χ1n) is 3.04. The molecule has 0 aliphatic rings. The van der Waals surface area contributed by atoms with Crippen molar-refractivity contribution in [1.29, 1.82) is 0 Å². The molecule has 0 aliphatic carbocycles. The molecule has 70 valence electrons. The smallest absolute Gasteiger partial charge is 1.00 e. The van der Waals surface area contributed by atoms with Crippen molar-refractivity contribution in [1.82, 2.24) is 0 Å². The van der Waals surface area contributed by atoms with Crippen LogP contribution in [0.25, 0.3) is 0 Å². The molecule has 0 amide bonds. The van der Waals surface area contributed by atoms with E-state index in [1.165, 1.54) is 12.1 Å². The minimum absolute atomic E-state index is 0. The van der Waals surface area contributed by atoms with Gasteiger partial charge in [-0.25, -0.2) is 0 Å². The van der Waals surface area contributed by atoms with Crippen molar-refractivity contribution in [2.75, 3.05) is 11.5 Å². The van der Waals surface area contributed by atoms with Crippen molar-refractivity contribution < 1.29 is 74.9 Å². The molecule has 0 saturated carbocycles. The number of nitrogens with two attached hydrogens (primary N) is 2. The molecule has 8 heteroatoms. The van der Waals surface area contributed by atoms with Gasteiger partial charge in [0.05, 0.1) is 5.69 Å². The van der Waals surface area contributed by atoms with Crippen LogP contribution in [0.15, 0.2) is 23.1 Å². The van der Waals surface area contributed by atoms with Crippen LogP contribution in [0.1, 0.15) is 2.85 Å². The molecular formula is C6H10N2Na2O3S. The molecule has 14 heavy (non-hydrogen) atoms. The summed E-state index contributed by atoms with van der Waals surface area (Å²) in [4.78, 5) is -0.322. The van der Waals surface area contributed by atoms with Gasteiger partial charge in [0.25, 0.3) is 10.1 Å². The van der Waals surface area contributed by atoms with E-state index in [2.05, 4.69) is 0 Å². The summed E-state index contributed by atoms with van der Waals surface area (Å²) < 4.78 is 29.8. The number of rotatable bonds is 1. The van der Waals surface area contributed by atoms with Crippen LogP contribution >= 0.6 is 0 Å². The number of hydrogen-bond acceptors (Lipinski definition) is 4. The van der Waals surface area contributed by atoms with E-state index in [1.54, 1.807) is 0 Å². The zero-order valence-electron chi connectivity index (χ0n) is 10.1. The van der Waals surface area contributed by atoms with Crippen LogP contribution in [-0.2, 0) is 10.1 Å². The maximum absolute atomic E-state index is 10.6. The van der Waals surface area contributed by atoms with Crippen molar-refractivity contribution in [2.24, 2.45) is 0 Å². The van der Waals surface area contributed by atoms with E-state index < -0.39 is 10.1 Å². The molecular weight excluding hydrogens is 226 g/mol. The van der Waals surface area contributed by atoms with Gasteiger partial charge in [-0.15, -0.1) is 0 Å². The molecule has 0 heterocycles. The minimum atomic E-state index is -4.23. The average Bonchev–Trinajstić information content (AvgIpc) is 1.83. The first-order valence-corrected chi connectivity index (χ1v) is 4.48. The SMILES string of the molecule is Nc1ccc(S(=O)(=O)O)c(N)c1.[H-].[H-].[Na+].[Na+]. The molecule has 0 aromatic heterocycles. The Morgan fingerprint density at radius 1 is 1.21 bits per heavy atom. The van der Waals surface area contributed by atoms with E-state index in [0.717, 1.165) is 6.07 Å². The summed E-state index contributed by atoms with van der Waals surface area (Å²) in [6, 6.07) is 3.77. The topological polar surface area (TPSA) is 106 Å². The first kappa shape index (κ1) is 17.1. The van der Waals surface area contributed by atoms with Gasteiger partial charge >= 0.3 is 59.1 Å². The maximum Gasteiger partial charge on any atom is 1.00 e. The molecule has 1 aromatic rings. The molecule has 1 rings (SSSR count). The summed E-state index contributed by atoms with van der Waals surface area (Å²) in [7, 11) is -4.23. The predicted octanol–water partition coefficient (Wildman–Crippen LogP) is -5.67. The Morgan fingerprint density at radius 3 is 2.07 bits per heavy atom. The second-order valence-corrected chi connectivity index (χ2v) is 3.66. The van der Waals surface area contributed by atoms with Gasteiger partial charge in [-0.05, 0) is 18.2 Å². The minimum Gasteiger partial charge on any atom is -1.00 e. The molecule has 0 fully saturated rings. The Labute approximate surface area is 130 Å². The van der Waals surface area contributed by atoms with Crippen molar-refractivity contribution in [3.8, 4) is 0 Å². The second kappa shape index (κ2) is 6.34. The molecule has 0 bridgehead atoms.